The van der Waals surface area contributed by atoms with Crippen LogP contribution in [0.5, 0.6) is 0 Å². The van der Waals surface area contributed by atoms with E-state index in [0.29, 0.717) is 11.4 Å². The van der Waals surface area contributed by atoms with E-state index in [4.69, 9.17) is 5.84 Å². The third-order valence-corrected chi connectivity index (χ3v) is 3.34. The molecule has 1 aliphatic rings. The molecule has 2 rings (SSSR count). The SMILES string of the molecule is CC1(C)CCCN(C(=O)c2ccnc(NN)c2)C1. The average Bonchev–Trinajstić information content (AvgIpc) is 2.37. The molecule has 1 saturated heterocycles. The summed E-state index contributed by atoms with van der Waals surface area (Å²) >= 11 is 0. The molecule has 1 aliphatic heterocycles. The van der Waals surface area contributed by atoms with Gasteiger partial charge >= 0.3 is 0 Å². The predicted octanol–water partition coefficient (Wildman–Crippen LogP) is 1.63. The Kier molecular flexibility index (Phi) is 3.52. The van der Waals surface area contributed by atoms with Crippen LogP contribution in [0.15, 0.2) is 18.3 Å². The Labute approximate surface area is 107 Å². The number of anilines is 1. The summed E-state index contributed by atoms with van der Waals surface area (Å²) in [5.41, 5.74) is 3.30. The molecule has 0 radical (unpaired) electrons. The fourth-order valence-electron chi connectivity index (χ4n) is 2.42. The fourth-order valence-corrected chi connectivity index (χ4v) is 2.42. The van der Waals surface area contributed by atoms with Gasteiger partial charge in [0.15, 0.2) is 0 Å². The molecule has 0 bridgehead atoms. The molecular weight excluding hydrogens is 228 g/mol. The van der Waals surface area contributed by atoms with E-state index >= 15 is 0 Å². The monoisotopic (exact) mass is 248 g/mol. The van der Waals surface area contributed by atoms with Crippen molar-refractivity contribution in [2.45, 2.75) is 26.7 Å². The zero-order valence-corrected chi connectivity index (χ0v) is 10.9. The van der Waals surface area contributed by atoms with E-state index < -0.39 is 0 Å². The van der Waals surface area contributed by atoms with E-state index in [0.717, 1.165) is 19.5 Å². The maximum atomic E-state index is 12.4. The van der Waals surface area contributed by atoms with Gasteiger partial charge in [0.05, 0.1) is 0 Å². The molecule has 1 fully saturated rings. The van der Waals surface area contributed by atoms with Crippen molar-refractivity contribution in [2.24, 2.45) is 11.3 Å². The van der Waals surface area contributed by atoms with Crippen molar-refractivity contribution in [2.75, 3.05) is 18.5 Å². The van der Waals surface area contributed by atoms with E-state index in [1.54, 1.807) is 18.3 Å². The Hall–Kier alpha value is -1.62. The first kappa shape index (κ1) is 12.8. The van der Waals surface area contributed by atoms with Crippen molar-refractivity contribution in [1.82, 2.24) is 9.88 Å². The summed E-state index contributed by atoms with van der Waals surface area (Å²) in [4.78, 5) is 18.3. The second-order valence-corrected chi connectivity index (χ2v) is 5.57. The number of carbonyl (C=O) groups is 1. The van der Waals surface area contributed by atoms with Crippen molar-refractivity contribution in [1.29, 1.82) is 0 Å². The number of carbonyl (C=O) groups excluding carboxylic acids is 1. The van der Waals surface area contributed by atoms with Crippen LogP contribution in [0, 0.1) is 5.41 Å². The Bertz CT molecular complexity index is 444. The quantitative estimate of drug-likeness (QED) is 0.616. The van der Waals surface area contributed by atoms with E-state index in [1.165, 1.54) is 6.42 Å². The summed E-state index contributed by atoms with van der Waals surface area (Å²) in [7, 11) is 0. The molecule has 0 unspecified atom stereocenters. The Balaban J connectivity index is 2.15. The number of pyridine rings is 1. The first-order valence-electron chi connectivity index (χ1n) is 6.24. The second kappa shape index (κ2) is 4.94. The van der Waals surface area contributed by atoms with Crippen LogP contribution in [0.4, 0.5) is 5.82 Å². The normalized spacial score (nSPS) is 18.5. The van der Waals surface area contributed by atoms with Gasteiger partial charge in [-0.25, -0.2) is 10.8 Å². The maximum absolute atomic E-state index is 12.4. The standard InChI is InChI=1S/C13H20N4O/c1-13(2)5-3-7-17(9-13)12(18)10-4-6-15-11(8-10)16-14/h4,6,8H,3,5,7,9,14H2,1-2H3,(H,15,16). The molecule has 2 heterocycles. The van der Waals surface area contributed by atoms with Crippen molar-refractivity contribution in [3.63, 3.8) is 0 Å². The molecule has 98 valence electrons. The fraction of sp³-hybridized carbons (Fsp3) is 0.538. The number of piperidine rings is 1. The van der Waals surface area contributed by atoms with Crippen LogP contribution in [0.25, 0.3) is 0 Å². The van der Waals surface area contributed by atoms with E-state index in [-0.39, 0.29) is 11.3 Å². The molecule has 0 spiro atoms. The largest absolute Gasteiger partial charge is 0.338 e. The van der Waals surface area contributed by atoms with E-state index in [9.17, 15) is 4.79 Å². The number of rotatable bonds is 2. The summed E-state index contributed by atoms with van der Waals surface area (Å²) in [5, 5.41) is 0. The minimum Gasteiger partial charge on any atom is -0.338 e. The van der Waals surface area contributed by atoms with Crippen LogP contribution >= 0.6 is 0 Å². The van der Waals surface area contributed by atoms with Crippen molar-refractivity contribution >= 4 is 11.7 Å². The molecule has 5 heteroatoms. The third kappa shape index (κ3) is 2.79. The molecule has 1 aromatic rings. The van der Waals surface area contributed by atoms with Gasteiger partial charge in [-0.15, -0.1) is 0 Å². The number of hydrogen-bond donors (Lipinski definition) is 2. The van der Waals surface area contributed by atoms with Crippen LogP contribution in [-0.2, 0) is 0 Å². The topological polar surface area (TPSA) is 71.2 Å². The summed E-state index contributed by atoms with van der Waals surface area (Å²) in [6.45, 7) is 6.03. The number of aromatic nitrogens is 1. The molecule has 5 nitrogen and oxygen atoms in total. The van der Waals surface area contributed by atoms with Crippen LogP contribution < -0.4 is 11.3 Å². The lowest BCUT2D eigenvalue weighted by atomic mass is 9.84. The van der Waals surface area contributed by atoms with Gasteiger partial charge in [-0.3, -0.25) is 4.79 Å². The summed E-state index contributed by atoms with van der Waals surface area (Å²) < 4.78 is 0. The number of nitrogens with two attached hydrogens (primary N) is 1. The van der Waals surface area contributed by atoms with Gasteiger partial charge in [0.25, 0.3) is 5.91 Å². The van der Waals surface area contributed by atoms with Gasteiger partial charge in [-0.1, -0.05) is 13.8 Å². The molecule has 18 heavy (non-hydrogen) atoms. The van der Waals surface area contributed by atoms with Crippen LogP contribution in [0.3, 0.4) is 0 Å². The lowest BCUT2D eigenvalue weighted by Gasteiger charge is -2.38. The molecule has 0 aromatic carbocycles. The molecule has 0 saturated carbocycles. The predicted molar refractivity (Wildman–Crippen MR) is 71.0 cm³/mol. The highest BCUT2D eigenvalue weighted by molar-refractivity contribution is 5.94. The number of amides is 1. The molecule has 3 N–H and O–H groups in total. The van der Waals surface area contributed by atoms with Crippen LogP contribution in [0.2, 0.25) is 0 Å². The second-order valence-electron chi connectivity index (χ2n) is 5.57. The van der Waals surface area contributed by atoms with Crippen molar-refractivity contribution in [3.05, 3.63) is 23.9 Å². The Morgan fingerprint density at radius 1 is 1.56 bits per heavy atom. The highest BCUT2D eigenvalue weighted by atomic mass is 16.2. The van der Waals surface area contributed by atoms with Gasteiger partial charge < -0.3 is 10.3 Å². The smallest absolute Gasteiger partial charge is 0.254 e. The number of hydrazine groups is 1. The minimum absolute atomic E-state index is 0.0571. The number of hydrogen-bond acceptors (Lipinski definition) is 4. The van der Waals surface area contributed by atoms with E-state index in [1.807, 2.05) is 4.90 Å². The zero-order valence-electron chi connectivity index (χ0n) is 10.9. The number of nitrogens with zero attached hydrogens (tertiary/aromatic N) is 2. The number of nitrogen functional groups attached to an aromatic ring is 1. The highest BCUT2D eigenvalue weighted by Gasteiger charge is 2.29. The number of nitrogens with one attached hydrogen (secondary N) is 1. The summed E-state index contributed by atoms with van der Waals surface area (Å²) in [6.07, 6.45) is 3.83. The molecular formula is C13H20N4O. The minimum atomic E-state index is 0.0571. The zero-order chi connectivity index (χ0) is 13.2. The van der Waals surface area contributed by atoms with Gasteiger partial charge in [-0.05, 0) is 30.4 Å². The third-order valence-electron chi connectivity index (χ3n) is 3.34. The first-order chi connectivity index (χ1) is 8.52. The average molecular weight is 248 g/mol. The molecule has 1 amide bonds. The number of likely N-dealkylation sites (tertiary alicyclic amines) is 1. The molecule has 0 aliphatic carbocycles. The highest BCUT2D eigenvalue weighted by Crippen LogP contribution is 2.29. The Morgan fingerprint density at radius 3 is 3.00 bits per heavy atom. The lowest BCUT2D eigenvalue weighted by molar-refractivity contribution is 0.0583. The van der Waals surface area contributed by atoms with Crippen molar-refractivity contribution < 1.29 is 4.79 Å². The first-order valence-corrected chi connectivity index (χ1v) is 6.24. The van der Waals surface area contributed by atoms with Gasteiger partial charge in [0.1, 0.15) is 5.82 Å². The molecule has 0 atom stereocenters. The van der Waals surface area contributed by atoms with Crippen LogP contribution in [0.1, 0.15) is 37.0 Å². The maximum Gasteiger partial charge on any atom is 0.254 e. The summed E-state index contributed by atoms with van der Waals surface area (Å²) in [5.74, 6) is 5.87. The van der Waals surface area contributed by atoms with Gasteiger partial charge in [0.2, 0.25) is 0 Å². The van der Waals surface area contributed by atoms with Crippen LogP contribution in [-0.4, -0.2) is 28.9 Å². The van der Waals surface area contributed by atoms with Gasteiger partial charge in [-0.2, -0.15) is 0 Å². The summed E-state index contributed by atoms with van der Waals surface area (Å²) in [6, 6.07) is 3.41. The van der Waals surface area contributed by atoms with E-state index in [2.05, 4.69) is 24.3 Å². The lowest BCUT2D eigenvalue weighted by Crippen LogP contribution is -2.43. The molecule has 1 aromatic heterocycles. The van der Waals surface area contributed by atoms with Gasteiger partial charge in [0, 0.05) is 24.8 Å². The van der Waals surface area contributed by atoms with Crippen molar-refractivity contribution in [3.8, 4) is 0 Å². The Morgan fingerprint density at radius 2 is 2.33 bits per heavy atom.